The third-order valence-corrected chi connectivity index (χ3v) is 4.85. The minimum Gasteiger partial charge on any atom is -0.370 e. The van der Waals surface area contributed by atoms with Crippen LogP contribution < -0.4 is 10.2 Å². The topological polar surface area (TPSA) is 61.4 Å². The molecule has 144 valence electrons. The van der Waals surface area contributed by atoms with Crippen molar-refractivity contribution in [2.24, 2.45) is 5.92 Å². The number of hydrogen-bond donors (Lipinski definition) is 1. The minimum atomic E-state index is -0.0202. The van der Waals surface area contributed by atoms with E-state index in [1.807, 2.05) is 4.90 Å². The second-order valence-corrected chi connectivity index (χ2v) is 7.52. The highest BCUT2D eigenvalue weighted by molar-refractivity contribution is 5.93. The molecule has 1 aromatic carbocycles. The Labute approximate surface area is 161 Å². The van der Waals surface area contributed by atoms with E-state index in [4.69, 9.17) is 0 Å². The van der Waals surface area contributed by atoms with Gasteiger partial charge in [0, 0.05) is 44.5 Å². The number of nitrogens with one attached hydrogen (secondary N) is 1. The summed E-state index contributed by atoms with van der Waals surface area (Å²) in [6.07, 6.45) is 2.53. The van der Waals surface area contributed by atoms with Gasteiger partial charge in [0.15, 0.2) is 0 Å². The molecule has 0 saturated carbocycles. The van der Waals surface area contributed by atoms with Crippen molar-refractivity contribution in [3.05, 3.63) is 47.9 Å². The number of carbonyl (C=O) groups is 1. The predicted molar refractivity (Wildman–Crippen MR) is 109 cm³/mol. The van der Waals surface area contributed by atoms with E-state index in [9.17, 15) is 4.79 Å². The number of amides is 1. The normalized spacial score (nSPS) is 14.5. The largest absolute Gasteiger partial charge is 0.370 e. The number of carbonyl (C=O) groups excluding carboxylic acids is 1. The van der Waals surface area contributed by atoms with Crippen molar-refractivity contribution in [3.8, 4) is 0 Å². The zero-order chi connectivity index (χ0) is 19.2. The molecule has 0 atom stereocenters. The van der Waals surface area contributed by atoms with Crippen molar-refractivity contribution >= 4 is 17.4 Å². The fourth-order valence-corrected chi connectivity index (χ4v) is 3.21. The van der Waals surface area contributed by atoms with Crippen molar-refractivity contribution in [1.82, 2.24) is 14.9 Å². The van der Waals surface area contributed by atoms with Crippen LogP contribution in [0.3, 0.4) is 0 Å². The van der Waals surface area contributed by atoms with Gasteiger partial charge in [-0.2, -0.15) is 0 Å². The van der Waals surface area contributed by atoms with E-state index in [-0.39, 0.29) is 5.91 Å². The monoisotopic (exact) mass is 367 g/mol. The van der Waals surface area contributed by atoms with Crippen molar-refractivity contribution < 1.29 is 4.79 Å². The number of aryl methyl sites for hydroxylation is 1. The molecule has 1 saturated heterocycles. The quantitative estimate of drug-likeness (QED) is 0.849. The number of hydrogen-bond acceptors (Lipinski definition) is 5. The molecule has 1 N–H and O–H groups in total. The summed E-state index contributed by atoms with van der Waals surface area (Å²) in [6.45, 7) is 10.4. The lowest BCUT2D eigenvalue weighted by molar-refractivity contribution is 0.0740. The first-order valence-electron chi connectivity index (χ1n) is 9.70. The molecule has 0 unspecified atom stereocenters. The molecule has 1 amide bonds. The number of rotatable bonds is 6. The molecule has 0 bridgehead atoms. The Hall–Kier alpha value is -2.63. The SMILES string of the molecule is Cc1cccc(N2CCN(C(=O)c3cc(NCCC(C)C)ncn3)CC2)c1. The van der Waals surface area contributed by atoms with Crippen LogP contribution in [0.2, 0.25) is 0 Å². The molecule has 0 radical (unpaired) electrons. The van der Waals surface area contributed by atoms with Crippen molar-refractivity contribution in [1.29, 1.82) is 0 Å². The molecular formula is C21H29N5O. The van der Waals surface area contributed by atoms with E-state index < -0.39 is 0 Å². The average Bonchev–Trinajstić information content (AvgIpc) is 2.67. The van der Waals surface area contributed by atoms with E-state index >= 15 is 0 Å². The van der Waals surface area contributed by atoms with Crippen molar-refractivity contribution in [2.75, 3.05) is 42.9 Å². The first-order valence-corrected chi connectivity index (χ1v) is 9.70. The standard InChI is InChI=1S/C21H29N5O/c1-16(2)7-8-22-20-14-19(23-15-24-20)21(27)26-11-9-25(10-12-26)18-6-4-5-17(3)13-18/h4-6,13-16H,7-12H2,1-3H3,(H,22,23,24). The molecule has 3 rings (SSSR count). The van der Waals surface area contributed by atoms with Gasteiger partial charge >= 0.3 is 0 Å². The van der Waals surface area contributed by atoms with E-state index in [0.29, 0.717) is 30.5 Å². The van der Waals surface area contributed by atoms with E-state index in [2.05, 4.69) is 65.2 Å². The molecule has 0 spiro atoms. The number of benzene rings is 1. The third kappa shape index (κ3) is 5.18. The van der Waals surface area contributed by atoms with Crippen LogP contribution in [0.4, 0.5) is 11.5 Å². The third-order valence-electron chi connectivity index (χ3n) is 4.85. The molecule has 1 aromatic heterocycles. The highest BCUT2D eigenvalue weighted by Gasteiger charge is 2.23. The molecule has 0 aliphatic carbocycles. The summed E-state index contributed by atoms with van der Waals surface area (Å²) in [5, 5.41) is 3.28. The van der Waals surface area contributed by atoms with Crippen molar-refractivity contribution in [2.45, 2.75) is 27.2 Å². The lowest BCUT2D eigenvalue weighted by Crippen LogP contribution is -2.49. The van der Waals surface area contributed by atoms with Gasteiger partial charge in [0.2, 0.25) is 0 Å². The van der Waals surface area contributed by atoms with Crippen LogP contribution in [0, 0.1) is 12.8 Å². The van der Waals surface area contributed by atoms with Gasteiger partial charge in [0.25, 0.3) is 5.91 Å². The zero-order valence-corrected chi connectivity index (χ0v) is 16.5. The van der Waals surface area contributed by atoms with Gasteiger partial charge in [-0.1, -0.05) is 26.0 Å². The van der Waals surface area contributed by atoms with Gasteiger partial charge in [-0.05, 0) is 37.0 Å². The first kappa shape index (κ1) is 19.1. The lowest BCUT2D eigenvalue weighted by Gasteiger charge is -2.36. The Morgan fingerprint density at radius 1 is 1.15 bits per heavy atom. The Balaban J connectivity index is 1.57. The summed E-state index contributed by atoms with van der Waals surface area (Å²) in [6, 6.07) is 10.3. The smallest absolute Gasteiger partial charge is 0.272 e. The molecule has 2 heterocycles. The second-order valence-electron chi connectivity index (χ2n) is 7.52. The maximum Gasteiger partial charge on any atom is 0.272 e. The summed E-state index contributed by atoms with van der Waals surface area (Å²) in [5.41, 5.74) is 2.94. The van der Waals surface area contributed by atoms with Crippen LogP contribution in [-0.2, 0) is 0 Å². The van der Waals surface area contributed by atoms with E-state index in [1.54, 1.807) is 6.07 Å². The minimum absolute atomic E-state index is 0.0202. The number of anilines is 2. The molecule has 2 aromatic rings. The van der Waals surface area contributed by atoms with Gasteiger partial charge in [-0.25, -0.2) is 9.97 Å². The Kier molecular flexibility index (Phi) is 6.27. The molecule has 1 fully saturated rings. The summed E-state index contributed by atoms with van der Waals surface area (Å²) < 4.78 is 0. The Bertz CT molecular complexity index is 769. The molecular weight excluding hydrogens is 338 g/mol. The van der Waals surface area contributed by atoms with Crippen LogP contribution in [0.5, 0.6) is 0 Å². The molecule has 6 nitrogen and oxygen atoms in total. The number of nitrogens with zero attached hydrogens (tertiary/aromatic N) is 4. The van der Waals surface area contributed by atoms with Crippen LogP contribution in [0.1, 0.15) is 36.3 Å². The van der Waals surface area contributed by atoms with Crippen LogP contribution in [-0.4, -0.2) is 53.5 Å². The van der Waals surface area contributed by atoms with Crippen LogP contribution >= 0.6 is 0 Å². The number of piperazine rings is 1. The summed E-state index contributed by atoms with van der Waals surface area (Å²) in [5.74, 6) is 1.32. The van der Waals surface area contributed by atoms with Crippen molar-refractivity contribution in [3.63, 3.8) is 0 Å². The number of aromatic nitrogens is 2. The molecule has 1 aliphatic rings. The highest BCUT2D eigenvalue weighted by atomic mass is 16.2. The van der Waals surface area contributed by atoms with Crippen LogP contribution in [0.15, 0.2) is 36.7 Å². The van der Waals surface area contributed by atoms with Gasteiger partial charge < -0.3 is 15.1 Å². The Morgan fingerprint density at radius 2 is 1.93 bits per heavy atom. The molecule has 1 aliphatic heterocycles. The summed E-state index contributed by atoms with van der Waals surface area (Å²) >= 11 is 0. The van der Waals surface area contributed by atoms with E-state index in [0.717, 1.165) is 26.1 Å². The molecule has 6 heteroatoms. The fraction of sp³-hybridized carbons (Fsp3) is 0.476. The summed E-state index contributed by atoms with van der Waals surface area (Å²) in [4.78, 5) is 25.4. The zero-order valence-electron chi connectivity index (χ0n) is 16.5. The highest BCUT2D eigenvalue weighted by Crippen LogP contribution is 2.18. The maximum atomic E-state index is 12.8. The predicted octanol–water partition coefficient (Wildman–Crippen LogP) is 3.21. The average molecular weight is 367 g/mol. The summed E-state index contributed by atoms with van der Waals surface area (Å²) in [7, 11) is 0. The lowest BCUT2D eigenvalue weighted by atomic mass is 10.1. The maximum absolute atomic E-state index is 12.8. The van der Waals surface area contributed by atoms with Gasteiger partial charge in [-0.3, -0.25) is 4.79 Å². The molecule has 27 heavy (non-hydrogen) atoms. The first-order chi connectivity index (χ1) is 13.0. The van der Waals surface area contributed by atoms with Crippen LogP contribution in [0.25, 0.3) is 0 Å². The Morgan fingerprint density at radius 3 is 2.63 bits per heavy atom. The van der Waals surface area contributed by atoms with Gasteiger partial charge in [-0.15, -0.1) is 0 Å². The van der Waals surface area contributed by atoms with Gasteiger partial charge in [0.05, 0.1) is 0 Å². The van der Waals surface area contributed by atoms with E-state index in [1.165, 1.54) is 17.6 Å². The fourth-order valence-electron chi connectivity index (χ4n) is 3.21. The second kappa shape index (κ2) is 8.84. The van der Waals surface area contributed by atoms with Gasteiger partial charge in [0.1, 0.15) is 17.8 Å².